The van der Waals surface area contributed by atoms with Gasteiger partial charge in [-0.15, -0.1) is 0 Å². The van der Waals surface area contributed by atoms with Gasteiger partial charge in [0.05, 0.1) is 6.10 Å². The molecule has 2 N–H and O–H groups in total. The summed E-state index contributed by atoms with van der Waals surface area (Å²) in [7, 11) is 0. The van der Waals surface area contributed by atoms with Crippen molar-refractivity contribution in [3.8, 4) is 5.75 Å². The minimum absolute atomic E-state index is 0.0125. The fourth-order valence-electron chi connectivity index (χ4n) is 1.90. The maximum atomic E-state index is 11.3. The van der Waals surface area contributed by atoms with Crippen LogP contribution in [0.3, 0.4) is 0 Å². The third kappa shape index (κ3) is 2.47. The summed E-state index contributed by atoms with van der Waals surface area (Å²) in [5.74, 6) is -1.89. The number of pyridine rings is 1. The summed E-state index contributed by atoms with van der Waals surface area (Å²) in [4.78, 5) is 22.1. The lowest BCUT2D eigenvalue weighted by Crippen LogP contribution is -2.21. The number of carboxylic acid groups (broad SMARTS) is 1. The molecule has 0 radical (unpaired) electrons. The highest BCUT2D eigenvalue weighted by Crippen LogP contribution is 2.15. The zero-order valence-electron chi connectivity index (χ0n) is 9.13. The second kappa shape index (κ2) is 4.58. The molecule has 6 heteroatoms. The first kappa shape index (κ1) is 11.7. The van der Waals surface area contributed by atoms with E-state index in [0.717, 1.165) is 12.8 Å². The summed E-state index contributed by atoms with van der Waals surface area (Å²) in [5.41, 5.74) is -1.29. The molecule has 0 aromatic carbocycles. The van der Waals surface area contributed by atoms with Crippen LogP contribution in [0.25, 0.3) is 0 Å². The topological polar surface area (TPSA) is 88.8 Å². The van der Waals surface area contributed by atoms with Crippen LogP contribution in [0.2, 0.25) is 0 Å². The van der Waals surface area contributed by atoms with E-state index in [1.165, 1.54) is 17.0 Å². The second-order valence-corrected chi connectivity index (χ2v) is 4.02. The summed E-state index contributed by atoms with van der Waals surface area (Å²) < 4.78 is 6.88. The third-order valence-electron chi connectivity index (χ3n) is 2.73. The number of hydrogen-bond acceptors (Lipinski definition) is 4. The van der Waals surface area contributed by atoms with Crippen molar-refractivity contribution in [3.05, 3.63) is 28.2 Å². The Labute approximate surface area is 97.1 Å². The van der Waals surface area contributed by atoms with Crippen molar-refractivity contribution < 1.29 is 19.7 Å². The molecular weight excluding hydrogens is 226 g/mol. The quantitative estimate of drug-likeness (QED) is 0.798. The minimum atomic E-state index is -1.34. The van der Waals surface area contributed by atoms with Crippen LogP contribution in [0.15, 0.2) is 17.2 Å². The molecule has 6 nitrogen and oxygen atoms in total. The van der Waals surface area contributed by atoms with Gasteiger partial charge in [0.2, 0.25) is 5.43 Å². The Morgan fingerprint density at radius 2 is 2.29 bits per heavy atom. The first-order valence-electron chi connectivity index (χ1n) is 5.36. The van der Waals surface area contributed by atoms with Gasteiger partial charge in [-0.1, -0.05) is 0 Å². The molecule has 92 valence electrons. The van der Waals surface area contributed by atoms with Crippen molar-refractivity contribution in [1.82, 2.24) is 4.57 Å². The van der Waals surface area contributed by atoms with E-state index in [-0.39, 0.29) is 6.10 Å². The van der Waals surface area contributed by atoms with Crippen molar-refractivity contribution in [2.75, 3.05) is 6.61 Å². The number of ether oxygens (including phenoxy) is 1. The van der Waals surface area contributed by atoms with E-state index in [1.807, 2.05) is 0 Å². The van der Waals surface area contributed by atoms with Gasteiger partial charge in [0.25, 0.3) is 0 Å². The van der Waals surface area contributed by atoms with Crippen molar-refractivity contribution >= 4 is 5.97 Å². The molecule has 1 fully saturated rings. The first-order chi connectivity index (χ1) is 8.08. The van der Waals surface area contributed by atoms with Crippen LogP contribution in [-0.4, -0.2) is 33.5 Å². The minimum Gasteiger partial charge on any atom is -0.503 e. The van der Waals surface area contributed by atoms with Crippen molar-refractivity contribution in [1.29, 1.82) is 0 Å². The number of carbonyl (C=O) groups is 1. The smallest absolute Gasteiger partial charge is 0.341 e. The summed E-state index contributed by atoms with van der Waals surface area (Å²) >= 11 is 0. The van der Waals surface area contributed by atoms with Gasteiger partial charge in [0.15, 0.2) is 5.75 Å². The number of hydrogen-bond donors (Lipinski definition) is 2. The molecule has 0 aliphatic carbocycles. The van der Waals surface area contributed by atoms with Gasteiger partial charge in [-0.25, -0.2) is 4.79 Å². The van der Waals surface area contributed by atoms with E-state index in [4.69, 9.17) is 9.84 Å². The van der Waals surface area contributed by atoms with Gasteiger partial charge < -0.3 is 19.5 Å². The summed E-state index contributed by atoms with van der Waals surface area (Å²) in [6, 6.07) is 0. The largest absolute Gasteiger partial charge is 0.503 e. The van der Waals surface area contributed by atoms with Crippen molar-refractivity contribution in [3.63, 3.8) is 0 Å². The molecule has 2 rings (SSSR count). The zero-order chi connectivity index (χ0) is 12.4. The Morgan fingerprint density at radius 3 is 2.88 bits per heavy atom. The number of rotatable bonds is 3. The predicted octanol–water partition coefficient (Wildman–Crippen LogP) is 0.431. The van der Waals surface area contributed by atoms with Crippen LogP contribution in [0, 0.1) is 0 Å². The Kier molecular flexibility index (Phi) is 3.14. The first-order valence-corrected chi connectivity index (χ1v) is 5.36. The molecule has 0 unspecified atom stereocenters. The molecule has 0 spiro atoms. The molecule has 2 heterocycles. The van der Waals surface area contributed by atoms with E-state index >= 15 is 0 Å². The number of aromatic carboxylic acids is 1. The van der Waals surface area contributed by atoms with Crippen LogP contribution >= 0.6 is 0 Å². The monoisotopic (exact) mass is 239 g/mol. The Morgan fingerprint density at radius 1 is 1.53 bits per heavy atom. The zero-order valence-corrected chi connectivity index (χ0v) is 9.13. The highest BCUT2D eigenvalue weighted by atomic mass is 16.5. The average Bonchev–Trinajstić information content (AvgIpc) is 2.75. The van der Waals surface area contributed by atoms with Crippen LogP contribution < -0.4 is 5.43 Å². The van der Waals surface area contributed by atoms with Gasteiger partial charge in [-0.2, -0.15) is 0 Å². The number of aromatic hydroxyl groups is 1. The van der Waals surface area contributed by atoms with Gasteiger partial charge in [0, 0.05) is 25.5 Å². The van der Waals surface area contributed by atoms with E-state index in [1.54, 1.807) is 0 Å². The molecule has 17 heavy (non-hydrogen) atoms. The van der Waals surface area contributed by atoms with Crippen LogP contribution in [0.4, 0.5) is 0 Å². The lowest BCUT2D eigenvalue weighted by Gasteiger charge is -2.13. The predicted molar refractivity (Wildman–Crippen MR) is 58.3 cm³/mol. The third-order valence-corrected chi connectivity index (χ3v) is 2.73. The normalized spacial score (nSPS) is 19.4. The molecule has 1 atom stereocenters. The molecule has 0 bridgehead atoms. The van der Waals surface area contributed by atoms with E-state index in [0.29, 0.717) is 13.2 Å². The van der Waals surface area contributed by atoms with E-state index < -0.39 is 22.7 Å². The molecule has 1 aliphatic heterocycles. The second-order valence-electron chi connectivity index (χ2n) is 4.02. The highest BCUT2D eigenvalue weighted by molar-refractivity contribution is 5.87. The standard InChI is InChI=1S/C11H13NO5/c13-9-6-12(4-7-2-1-3-17-7)5-8(10(9)14)11(15)16/h5-7,13H,1-4H2,(H,15,16)/t7-/m0/s1. The van der Waals surface area contributed by atoms with Crippen LogP contribution in [0.5, 0.6) is 5.75 Å². The Balaban J connectivity index is 2.28. The number of carboxylic acids is 1. The number of aromatic nitrogens is 1. The highest BCUT2D eigenvalue weighted by Gasteiger charge is 2.18. The molecule has 1 aromatic rings. The van der Waals surface area contributed by atoms with Crippen molar-refractivity contribution in [2.24, 2.45) is 0 Å². The molecular formula is C11H13NO5. The maximum absolute atomic E-state index is 11.3. The molecule has 1 aromatic heterocycles. The van der Waals surface area contributed by atoms with Gasteiger partial charge in [-0.3, -0.25) is 4.79 Å². The lowest BCUT2D eigenvalue weighted by molar-refractivity contribution is 0.0691. The van der Waals surface area contributed by atoms with E-state index in [2.05, 4.69) is 0 Å². The fourth-order valence-corrected chi connectivity index (χ4v) is 1.90. The summed E-state index contributed by atoms with van der Waals surface area (Å²) in [6.07, 6.45) is 4.35. The number of nitrogens with zero attached hydrogens (tertiary/aromatic N) is 1. The maximum Gasteiger partial charge on any atom is 0.341 e. The van der Waals surface area contributed by atoms with Crippen LogP contribution in [0.1, 0.15) is 23.2 Å². The van der Waals surface area contributed by atoms with Crippen LogP contribution in [-0.2, 0) is 11.3 Å². The average molecular weight is 239 g/mol. The van der Waals surface area contributed by atoms with Crippen molar-refractivity contribution in [2.45, 2.75) is 25.5 Å². The van der Waals surface area contributed by atoms with E-state index in [9.17, 15) is 14.7 Å². The Hall–Kier alpha value is -1.82. The van der Waals surface area contributed by atoms with Gasteiger partial charge >= 0.3 is 5.97 Å². The molecule has 1 saturated heterocycles. The SMILES string of the molecule is O=C(O)c1cn(C[C@@H]2CCCO2)cc(O)c1=O. The molecule has 1 aliphatic rings. The fraction of sp³-hybridized carbons (Fsp3) is 0.455. The van der Waals surface area contributed by atoms with Gasteiger partial charge in [0.1, 0.15) is 5.56 Å². The Bertz CT molecular complexity index is 487. The lowest BCUT2D eigenvalue weighted by atomic mass is 10.2. The molecule has 0 saturated carbocycles. The van der Waals surface area contributed by atoms with Gasteiger partial charge in [-0.05, 0) is 12.8 Å². The molecule has 0 amide bonds. The summed E-state index contributed by atoms with van der Waals surface area (Å²) in [5, 5.41) is 18.2. The summed E-state index contributed by atoms with van der Waals surface area (Å²) in [6.45, 7) is 1.14.